The first-order valence-electron chi connectivity index (χ1n) is 10.1. The van der Waals surface area contributed by atoms with E-state index in [-0.39, 0.29) is 12.4 Å². The fourth-order valence-electron chi connectivity index (χ4n) is 3.91. The quantitative estimate of drug-likeness (QED) is 0.645. The summed E-state index contributed by atoms with van der Waals surface area (Å²) in [4.78, 5) is 25.8. The van der Waals surface area contributed by atoms with Gasteiger partial charge in [0.15, 0.2) is 5.82 Å². The lowest BCUT2D eigenvalue weighted by molar-refractivity contribution is 0.0526. The first-order chi connectivity index (χ1) is 14.5. The number of carbonyl (C=O) groups is 1. The van der Waals surface area contributed by atoms with Gasteiger partial charge in [-0.15, -0.1) is 0 Å². The fourth-order valence-corrected chi connectivity index (χ4v) is 3.91. The number of pyridine rings is 1. The zero-order chi connectivity index (χ0) is 21.3. The Morgan fingerprint density at radius 2 is 2.00 bits per heavy atom. The number of aromatic amines is 1. The minimum atomic E-state index is -0.442. The number of nitrogens with one attached hydrogen (secondary N) is 1. The molecule has 0 aliphatic carbocycles. The minimum Gasteiger partial charge on any atom is -0.462 e. The third-order valence-electron chi connectivity index (χ3n) is 5.29. The van der Waals surface area contributed by atoms with E-state index < -0.39 is 5.97 Å². The molecule has 1 aliphatic heterocycles. The summed E-state index contributed by atoms with van der Waals surface area (Å²) in [5.74, 6) is 0.772. The molecule has 30 heavy (non-hydrogen) atoms. The van der Waals surface area contributed by atoms with E-state index in [0.717, 1.165) is 30.3 Å². The first kappa shape index (κ1) is 20.2. The molecule has 0 atom stereocenters. The highest BCUT2D eigenvalue weighted by molar-refractivity contribution is 6.06. The average Bonchev–Trinajstić information content (AvgIpc) is 3.12. The van der Waals surface area contributed by atoms with Crippen LogP contribution < -0.4 is 4.90 Å². The van der Waals surface area contributed by atoms with Crippen LogP contribution >= 0.6 is 0 Å². The van der Waals surface area contributed by atoms with Crippen LogP contribution in [0.2, 0.25) is 0 Å². The summed E-state index contributed by atoms with van der Waals surface area (Å²) in [6, 6.07) is 2.91. The maximum absolute atomic E-state index is 14.2. The van der Waals surface area contributed by atoms with Crippen LogP contribution in [0.4, 0.5) is 10.1 Å². The number of hydrogen-bond donors (Lipinski definition) is 1. The maximum Gasteiger partial charge on any atom is 0.341 e. The van der Waals surface area contributed by atoms with Crippen LogP contribution in [0.25, 0.3) is 10.9 Å². The molecule has 3 aromatic rings. The molecule has 4 rings (SSSR count). The average molecular weight is 412 g/mol. The van der Waals surface area contributed by atoms with Gasteiger partial charge in [0.25, 0.3) is 0 Å². The number of ether oxygens (including phenoxy) is 1. The Labute approximate surface area is 174 Å². The third-order valence-corrected chi connectivity index (χ3v) is 5.29. The maximum atomic E-state index is 14.2. The molecule has 158 valence electrons. The zero-order valence-corrected chi connectivity index (χ0v) is 17.4. The smallest absolute Gasteiger partial charge is 0.341 e. The number of aryl methyl sites for hydroxylation is 2. The van der Waals surface area contributed by atoms with Crippen LogP contribution in [0.1, 0.15) is 34.5 Å². The molecular formula is C21H25FN6O2. The highest BCUT2D eigenvalue weighted by atomic mass is 19.1. The second-order valence-corrected chi connectivity index (χ2v) is 7.46. The molecule has 0 spiro atoms. The summed E-state index contributed by atoms with van der Waals surface area (Å²) in [7, 11) is 0. The van der Waals surface area contributed by atoms with Gasteiger partial charge in [-0.1, -0.05) is 0 Å². The Morgan fingerprint density at radius 3 is 2.67 bits per heavy atom. The highest BCUT2D eigenvalue weighted by Crippen LogP contribution is 2.33. The van der Waals surface area contributed by atoms with Gasteiger partial charge in [-0.2, -0.15) is 5.10 Å². The summed E-state index contributed by atoms with van der Waals surface area (Å²) in [6.07, 6.45) is 1.54. The standard InChI is InChI=1S/C21H25FN6O2/c1-4-30-21(29)17-11-23-19-13(2)9-15(22)10-16(19)20(17)28-7-5-27(6-8-28)12-18-24-14(3)25-26-18/h9-11H,4-8,12H2,1-3H3,(H,24,25,26). The molecule has 1 saturated heterocycles. The number of hydrogen-bond acceptors (Lipinski definition) is 7. The van der Waals surface area contributed by atoms with E-state index in [1.807, 2.05) is 13.8 Å². The topological polar surface area (TPSA) is 87.2 Å². The molecule has 0 amide bonds. The number of esters is 1. The van der Waals surface area contributed by atoms with E-state index in [1.165, 1.54) is 12.1 Å². The summed E-state index contributed by atoms with van der Waals surface area (Å²) in [6.45, 7) is 9.30. The Kier molecular flexibility index (Phi) is 5.63. The largest absolute Gasteiger partial charge is 0.462 e. The lowest BCUT2D eigenvalue weighted by Crippen LogP contribution is -2.46. The van der Waals surface area contributed by atoms with Crippen molar-refractivity contribution in [1.29, 1.82) is 0 Å². The van der Waals surface area contributed by atoms with E-state index in [9.17, 15) is 9.18 Å². The summed E-state index contributed by atoms with van der Waals surface area (Å²) in [5.41, 5.74) is 2.49. The third kappa shape index (κ3) is 3.97. The first-order valence-corrected chi connectivity index (χ1v) is 10.1. The number of rotatable bonds is 5. The summed E-state index contributed by atoms with van der Waals surface area (Å²) < 4.78 is 19.5. The second kappa shape index (κ2) is 8.35. The van der Waals surface area contributed by atoms with Crippen molar-refractivity contribution >= 4 is 22.6 Å². The second-order valence-electron chi connectivity index (χ2n) is 7.46. The predicted octanol–water partition coefficient (Wildman–Crippen LogP) is 2.61. The molecule has 0 saturated carbocycles. The van der Waals surface area contributed by atoms with Gasteiger partial charge in [-0.25, -0.2) is 14.2 Å². The predicted molar refractivity (Wildman–Crippen MR) is 111 cm³/mol. The number of piperazine rings is 1. The van der Waals surface area contributed by atoms with Gasteiger partial charge in [0.1, 0.15) is 17.2 Å². The van der Waals surface area contributed by atoms with Gasteiger partial charge in [0, 0.05) is 37.8 Å². The van der Waals surface area contributed by atoms with E-state index in [2.05, 4.69) is 30.0 Å². The van der Waals surface area contributed by atoms with Crippen LogP contribution in [-0.2, 0) is 11.3 Å². The van der Waals surface area contributed by atoms with Gasteiger partial charge in [-0.3, -0.25) is 15.0 Å². The van der Waals surface area contributed by atoms with Gasteiger partial charge in [0.2, 0.25) is 0 Å². The van der Waals surface area contributed by atoms with E-state index >= 15 is 0 Å². The number of benzene rings is 1. The molecule has 1 fully saturated rings. The molecule has 0 bridgehead atoms. The molecule has 1 aromatic carbocycles. The van der Waals surface area contributed by atoms with Crippen LogP contribution in [0, 0.1) is 19.7 Å². The molecule has 0 unspecified atom stereocenters. The molecule has 1 aliphatic rings. The molecule has 1 N–H and O–H groups in total. The Bertz CT molecular complexity index is 1070. The van der Waals surface area contributed by atoms with E-state index in [4.69, 9.17) is 4.74 Å². The molecule has 8 nitrogen and oxygen atoms in total. The number of nitrogens with zero attached hydrogens (tertiary/aromatic N) is 5. The molecule has 9 heteroatoms. The number of H-pyrrole nitrogens is 1. The van der Waals surface area contributed by atoms with E-state index in [0.29, 0.717) is 41.8 Å². The van der Waals surface area contributed by atoms with Crippen LogP contribution in [-0.4, -0.2) is 63.8 Å². The number of aromatic nitrogens is 4. The zero-order valence-electron chi connectivity index (χ0n) is 17.4. The Balaban J connectivity index is 1.65. The number of halogens is 1. The lowest BCUT2D eigenvalue weighted by Gasteiger charge is -2.36. The normalized spacial score (nSPS) is 15.0. The van der Waals surface area contributed by atoms with Crippen LogP contribution in [0.5, 0.6) is 0 Å². The van der Waals surface area contributed by atoms with Gasteiger partial charge in [0.05, 0.1) is 24.4 Å². The van der Waals surface area contributed by atoms with E-state index in [1.54, 1.807) is 13.1 Å². The van der Waals surface area contributed by atoms with Crippen molar-refractivity contribution in [2.75, 3.05) is 37.7 Å². The van der Waals surface area contributed by atoms with Crippen molar-refractivity contribution < 1.29 is 13.9 Å². The fraction of sp³-hybridized carbons (Fsp3) is 0.429. The molecule has 0 radical (unpaired) electrons. The molecule has 2 aromatic heterocycles. The van der Waals surface area contributed by atoms with Gasteiger partial charge >= 0.3 is 5.97 Å². The van der Waals surface area contributed by atoms with Crippen molar-refractivity contribution in [3.63, 3.8) is 0 Å². The van der Waals surface area contributed by atoms with Crippen molar-refractivity contribution in [3.8, 4) is 0 Å². The van der Waals surface area contributed by atoms with Crippen molar-refractivity contribution in [1.82, 2.24) is 25.1 Å². The minimum absolute atomic E-state index is 0.266. The van der Waals surface area contributed by atoms with Crippen molar-refractivity contribution in [3.05, 3.63) is 46.9 Å². The summed E-state index contributed by atoms with van der Waals surface area (Å²) in [5, 5.41) is 7.70. The molecular weight excluding hydrogens is 387 g/mol. The lowest BCUT2D eigenvalue weighted by atomic mass is 10.0. The van der Waals surface area contributed by atoms with Crippen molar-refractivity contribution in [2.24, 2.45) is 0 Å². The number of anilines is 1. The number of carbonyl (C=O) groups excluding carboxylic acids is 1. The van der Waals surface area contributed by atoms with Gasteiger partial charge < -0.3 is 9.64 Å². The summed E-state index contributed by atoms with van der Waals surface area (Å²) >= 11 is 0. The van der Waals surface area contributed by atoms with Crippen LogP contribution in [0.15, 0.2) is 18.3 Å². The SMILES string of the molecule is CCOC(=O)c1cnc2c(C)cc(F)cc2c1N1CCN(Cc2n[nH]c(C)n2)CC1. The van der Waals surface area contributed by atoms with Crippen LogP contribution in [0.3, 0.4) is 0 Å². The number of fused-ring (bicyclic) bond motifs is 1. The Hall–Kier alpha value is -3.07. The van der Waals surface area contributed by atoms with Crippen molar-refractivity contribution in [2.45, 2.75) is 27.3 Å². The monoisotopic (exact) mass is 412 g/mol. The highest BCUT2D eigenvalue weighted by Gasteiger charge is 2.26. The Morgan fingerprint density at radius 1 is 1.23 bits per heavy atom. The van der Waals surface area contributed by atoms with Gasteiger partial charge in [-0.05, 0) is 38.5 Å². The molecule has 3 heterocycles.